The Morgan fingerprint density at radius 2 is 2.05 bits per heavy atom. The summed E-state index contributed by atoms with van der Waals surface area (Å²) >= 11 is 2.92. The molecule has 1 heterocycles. The second-order valence-electron chi connectivity index (χ2n) is 4.57. The molecule has 3 N–H and O–H groups in total. The predicted molar refractivity (Wildman–Crippen MR) is 91.7 cm³/mol. The van der Waals surface area contributed by atoms with Crippen molar-refractivity contribution in [1.82, 2.24) is 0 Å². The van der Waals surface area contributed by atoms with Gasteiger partial charge in [0.15, 0.2) is 0 Å². The first kappa shape index (κ1) is 16.2. The summed E-state index contributed by atoms with van der Waals surface area (Å²) in [7, 11) is -3.57. The molecule has 21 heavy (non-hydrogen) atoms. The summed E-state index contributed by atoms with van der Waals surface area (Å²) < 4.78 is 27.5. The Balaban J connectivity index is 2.26. The average Bonchev–Trinajstić information content (AvgIpc) is 2.87. The van der Waals surface area contributed by atoms with E-state index in [0.29, 0.717) is 15.6 Å². The topological polar surface area (TPSA) is 72.2 Å². The number of benzene rings is 1. The first-order valence-corrected chi connectivity index (χ1v) is 9.82. The third-order valence-corrected chi connectivity index (χ3v) is 6.78. The van der Waals surface area contributed by atoms with Gasteiger partial charge in [-0.3, -0.25) is 4.72 Å². The van der Waals surface area contributed by atoms with Crippen LogP contribution in [0.15, 0.2) is 39.4 Å². The van der Waals surface area contributed by atoms with Crippen LogP contribution in [-0.4, -0.2) is 14.2 Å². The monoisotopic (exact) mass is 342 g/mol. The molecule has 0 aliphatic heterocycles. The summed E-state index contributed by atoms with van der Waals surface area (Å²) in [5, 5.41) is 0. The Labute approximate surface area is 133 Å². The van der Waals surface area contributed by atoms with Crippen LogP contribution in [0.2, 0.25) is 0 Å². The van der Waals surface area contributed by atoms with Crippen LogP contribution in [0.4, 0.5) is 11.4 Å². The molecular weight excluding hydrogens is 324 g/mol. The molecule has 1 aromatic carbocycles. The molecule has 1 aromatic heterocycles. The number of rotatable bonds is 6. The minimum Gasteiger partial charge on any atom is -0.397 e. The van der Waals surface area contributed by atoms with Gasteiger partial charge in [0.05, 0.1) is 11.4 Å². The molecule has 2 rings (SSSR count). The molecule has 0 bridgehead atoms. The third-order valence-electron chi connectivity index (χ3n) is 2.72. The maximum Gasteiger partial charge on any atom is 0.271 e. The van der Waals surface area contributed by atoms with Crippen LogP contribution in [-0.2, 0) is 10.0 Å². The molecule has 114 valence electrons. The van der Waals surface area contributed by atoms with E-state index in [9.17, 15) is 8.42 Å². The van der Waals surface area contributed by atoms with Gasteiger partial charge in [0.1, 0.15) is 4.21 Å². The molecule has 0 spiro atoms. The van der Waals surface area contributed by atoms with Gasteiger partial charge in [-0.25, -0.2) is 8.42 Å². The van der Waals surface area contributed by atoms with Gasteiger partial charge in [0, 0.05) is 9.77 Å². The van der Waals surface area contributed by atoms with E-state index < -0.39 is 10.0 Å². The van der Waals surface area contributed by atoms with Crippen molar-refractivity contribution in [2.24, 2.45) is 0 Å². The minimum absolute atomic E-state index is 0.297. The number of hydrogen-bond acceptors (Lipinski definition) is 5. The smallest absolute Gasteiger partial charge is 0.271 e. The quantitative estimate of drug-likeness (QED) is 0.616. The van der Waals surface area contributed by atoms with E-state index in [4.69, 9.17) is 5.73 Å². The number of thiophene rings is 1. The second-order valence-corrected chi connectivity index (χ2v) is 8.93. The Morgan fingerprint density at radius 1 is 1.29 bits per heavy atom. The van der Waals surface area contributed by atoms with Gasteiger partial charge in [-0.15, -0.1) is 23.1 Å². The van der Waals surface area contributed by atoms with Gasteiger partial charge in [-0.2, -0.15) is 0 Å². The highest BCUT2D eigenvalue weighted by Gasteiger charge is 2.17. The highest BCUT2D eigenvalue weighted by atomic mass is 32.2. The molecule has 0 atom stereocenters. The van der Waals surface area contributed by atoms with Crippen molar-refractivity contribution in [2.45, 2.75) is 29.4 Å². The Kier molecular flexibility index (Phi) is 5.18. The van der Waals surface area contributed by atoms with E-state index in [1.165, 1.54) is 11.3 Å². The summed E-state index contributed by atoms with van der Waals surface area (Å²) in [6.07, 6.45) is 1.06. The molecule has 0 unspecified atom stereocenters. The van der Waals surface area contributed by atoms with Crippen molar-refractivity contribution in [3.8, 4) is 0 Å². The number of thioether (sulfide) groups is 1. The van der Waals surface area contributed by atoms with Crippen molar-refractivity contribution in [3.63, 3.8) is 0 Å². The molecule has 0 radical (unpaired) electrons. The van der Waals surface area contributed by atoms with Crippen LogP contribution >= 0.6 is 23.1 Å². The third kappa shape index (κ3) is 4.15. The van der Waals surface area contributed by atoms with Crippen molar-refractivity contribution in [2.75, 3.05) is 16.2 Å². The summed E-state index contributed by atoms with van der Waals surface area (Å²) in [6.45, 7) is 3.98. The maximum atomic E-state index is 12.3. The van der Waals surface area contributed by atoms with Crippen LogP contribution in [0.5, 0.6) is 0 Å². The van der Waals surface area contributed by atoms with Gasteiger partial charge < -0.3 is 5.73 Å². The van der Waals surface area contributed by atoms with Gasteiger partial charge in [-0.1, -0.05) is 6.92 Å². The van der Waals surface area contributed by atoms with Crippen LogP contribution in [0.3, 0.4) is 0 Å². The highest BCUT2D eigenvalue weighted by Crippen LogP contribution is 2.30. The first-order chi connectivity index (χ1) is 9.92. The molecule has 0 fully saturated rings. The lowest BCUT2D eigenvalue weighted by Gasteiger charge is -2.11. The fourth-order valence-electron chi connectivity index (χ4n) is 1.69. The number of sulfonamides is 1. The van der Waals surface area contributed by atoms with Gasteiger partial charge >= 0.3 is 0 Å². The van der Waals surface area contributed by atoms with Gasteiger partial charge in [0.25, 0.3) is 10.0 Å². The fraction of sp³-hybridized carbons (Fsp3) is 0.286. The highest BCUT2D eigenvalue weighted by molar-refractivity contribution is 7.99. The van der Waals surface area contributed by atoms with E-state index in [2.05, 4.69) is 11.6 Å². The SMILES string of the molecule is CCCSc1ccc(N)c(NS(=O)(=O)c2ccc(C)s2)c1. The largest absolute Gasteiger partial charge is 0.397 e. The minimum atomic E-state index is -3.57. The van der Waals surface area contributed by atoms with Crippen LogP contribution < -0.4 is 10.5 Å². The van der Waals surface area contributed by atoms with E-state index in [1.54, 1.807) is 36.0 Å². The predicted octanol–water partition coefficient (Wildman–Crippen LogP) is 3.94. The lowest BCUT2D eigenvalue weighted by atomic mass is 10.3. The fourth-order valence-corrected chi connectivity index (χ4v) is 4.85. The van der Waals surface area contributed by atoms with Crippen LogP contribution in [0.25, 0.3) is 0 Å². The normalized spacial score (nSPS) is 11.5. The van der Waals surface area contributed by atoms with Crippen LogP contribution in [0.1, 0.15) is 18.2 Å². The second kappa shape index (κ2) is 6.72. The molecule has 2 aromatic rings. The zero-order valence-corrected chi connectivity index (χ0v) is 14.4. The standard InChI is InChI=1S/C14H18N2O2S3/c1-3-8-19-11-5-6-12(15)13(9-11)16-21(17,18)14-7-4-10(2)20-14/h4-7,9,16H,3,8,15H2,1-2H3. The Morgan fingerprint density at radius 3 is 2.67 bits per heavy atom. The first-order valence-electron chi connectivity index (χ1n) is 6.54. The van der Waals surface area contributed by atoms with Crippen molar-refractivity contribution in [1.29, 1.82) is 0 Å². The lowest BCUT2D eigenvalue weighted by Crippen LogP contribution is -2.12. The number of nitrogens with one attached hydrogen (secondary N) is 1. The summed E-state index contributed by atoms with van der Waals surface area (Å²) in [5.74, 6) is 0.986. The summed E-state index contributed by atoms with van der Waals surface area (Å²) in [5.41, 5.74) is 6.73. The number of anilines is 2. The van der Waals surface area contributed by atoms with Crippen molar-refractivity contribution >= 4 is 44.5 Å². The number of hydrogen-bond donors (Lipinski definition) is 2. The molecule has 0 saturated heterocycles. The lowest BCUT2D eigenvalue weighted by molar-refractivity contribution is 0.603. The molecule has 0 aliphatic carbocycles. The molecule has 4 nitrogen and oxygen atoms in total. The molecule has 0 amide bonds. The molecule has 0 aliphatic rings. The number of nitrogens with two attached hydrogens (primary N) is 1. The summed E-state index contributed by atoms with van der Waals surface area (Å²) in [4.78, 5) is 1.96. The number of aryl methyl sites for hydroxylation is 1. The van der Waals surface area contributed by atoms with Gasteiger partial charge in [-0.05, 0) is 49.4 Å². The van der Waals surface area contributed by atoms with E-state index >= 15 is 0 Å². The van der Waals surface area contributed by atoms with E-state index in [-0.39, 0.29) is 0 Å². The summed E-state index contributed by atoms with van der Waals surface area (Å²) in [6, 6.07) is 8.82. The molecular formula is C14H18N2O2S3. The zero-order valence-electron chi connectivity index (χ0n) is 11.9. The number of nitrogen functional groups attached to an aromatic ring is 1. The zero-order chi connectivity index (χ0) is 15.5. The van der Waals surface area contributed by atoms with Gasteiger partial charge in [0.2, 0.25) is 0 Å². The maximum absolute atomic E-state index is 12.3. The average molecular weight is 343 g/mol. The molecule has 0 saturated carbocycles. The van der Waals surface area contributed by atoms with Crippen LogP contribution in [0, 0.1) is 6.92 Å². The van der Waals surface area contributed by atoms with Crippen molar-refractivity contribution < 1.29 is 8.42 Å². The molecule has 7 heteroatoms. The Hall–Kier alpha value is -1.18. The van der Waals surface area contributed by atoms with E-state index in [0.717, 1.165) is 21.9 Å². The van der Waals surface area contributed by atoms with Crippen molar-refractivity contribution in [3.05, 3.63) is 35.2 Å². The Bertz CT molecular complexity index is 724. The van der Waals surface area contributed by atoms with E-state index in [1.807, 2.05) is 13.0 Å².